The Morgan fingerprint density at radius 3 is 2.40 bits per heavy atom. The Morgan fingerprint density at radius 1 is 1.07 bits per heavy atom. The summed E-state index contributed by atoms with van der Waals surface area (Å²) >= 11 is 6.89. The first-order chi connectivity index (χ1) is 21.7. The molecule has 1 saturated heterocycles. The molecule has 4 N–H and O–H groups in total. The minimum absolute atomic E-state index is 0.0950. The summed E-state index contributed by atoms with van der Waals surface area (Å²) in [6.07, 6.45) is 2.02. The number of carboxylic acid groups (broad SMARTS) is 1. The van der Waals surface area contributed by atoms with Gasteiger partial charge in [0.1, 0.15) is 34.6 Å². The lowest BCUT2D eigenvalue weighted by Gasteiger charge is -2.35. The van der Waals surface area contributed by atoms with Crippen molar-refractivity contribution >= 4 is 17.6 Å². The molecule has 0 bridgehead atoms. The van der Waals surface area contributed by atoms with E-state index in [4.69, 9.17) is 30.5 Å². The van der Waals surface area contributed by atoms with Crippen LogP contribution in [0.4, 0.5) is 0 Å². The molecule has 10 nitrogen and oxygen atoms in total. The van der Waals surface area contributed by atoms with Gasteiger partial charge in [-0.3, -0.25) is 15.0 Å². The molecule has 242 valence electrons. The number of benzene rings is 3. The molecule has 1 aliphatic heterocycles. The number of ether oxygens (including phenoxy) is 4. The van der Waals surface area contributed by atoms with Crippen LogP contribution in [0.5, 0.6) is 23.0 Å². The van der Waals surface area contributed by atoms with Gasteiger partial charge >= 0.3 is 5.97 Å². The number of rotatable bonds is 15. The van der Waals surface area contributed by atoms with E-state index in [1.54, 1.807) is 12.1 Å². The van der Waals surface area contributed by atoms with Crippen molar-refractivity contribution in [1.82, 2.24) is 10.2 Å². The number of methoxy groups -OCH3 is 2. The van der Waals surface area contributed by atoms with Crippen LogP contribution in [0.2, 0.25) is 5.02 Å². The molecule has 2 atom stereocenters. The molecule has 1 fully saturated rings. The van der Waals surface area contributed by atoms with Gasteiger partial charge in [0, 0.05) is 43.9 Å². The highest BCUT2D eigenvalue weighted by Crippen LogP contribution is 2.45. The minimum atomic E-state index is -1.52. The van der Waals surface area contributed by atoms with Crippen molar-refractivity contribution in [2.45, 2.75) is 50.5 Å². The number of halogens is 1. The maximum atomic E-state index is 11.6. The Labute approximate surface area is 268 Å². The van der Waals surface area contributed by atoms with Crippen molar-refractivity contribution in [2.24, 2.45) is 0 Å². The molecule has 3 aromatic carbocycles. The van der Waals surface area contributed by atoms with E-state index in [9.17, 15) is 20.1 Å². The molecule has 0 amide bonds. The van der Waals surface area contributed by atoms with Gasteiger partial charge in [-0.25, -0.2) is 0 Å². The predicted molar refractivity (Wildman–Crippen MR) is 171 cm³/mol. The van der Waals surface area contributed by atoms with Crippen LogP contribution in [0.25, 0.3) is 11.1 Å². The largest absolute Gasteiger partial charge is 0.496 e. The molecule has 1 unspecified atom stereocenters. The number of aliphatic hydroxyl groups excluding tert-OH is 2. The number of nitrogens with one attached hydrogen (secondary N) is 1. The fraction of sp³-hybridized carbons (Fsp3) is 0.441. The standard InChI is InChI=1S/C34H41ClN2O8/c1-34(20-38,33(40)41)36-17-27-30(42-2)15-22(16-31(27)43-3)45-28-12-11-24-23(7-4-8-25(24)28)26-9-5-10-29(32(26)35)44-14-6-13-37-18-21(39)19-37/h4-5,7-10,15-16,21,28,36,38-39H,6,11-14,17-20H2,1-3H3,(H,40,41)/t28-,34?/m0/s1. The highest BCUT2D eigenvalue weighted by Gasteiger charge is 2.33. The second kappa shape index (κ2) is 14.3. The van der Waals surface area contributed by atoms with Crippen molar-refractivity contribution in [2.75, 3.05) is 47.1 Å². The SMILES string of the molecule is COc1cc(O[C@H]2CCc3c(-c4cccc(OCCCN5CC(O)C5)c4Cl)cccc32)cc(OC)c1CNC(C)(CO)C(=O)O. The van der Waals surface area contributed by atoms with E-state index >= 15 is 0 Å². The maximum absolute atomic E-state index is 11.6. The van der Waals surface area contributed by atoms with E-state index in [-0.39, 0.29) is 18.8 Å². The van der Waals surface area contributed by atoms with E-state index < -0.39 is 18.1 Å². The Kier molecular flexibility index (Phi) is 10.4. The van der Waals surface area contributed by atoms with Crippen LogP contribution in [0, 0.1) is 0 Å². The first-order valence-corrected chi connectivity index (χ1v) is 15.5. The Morgan fingerprint density at radius 2 is 1.76 bits per heavy atom. The Hall–Kier alpha value is -3.54. The average Bonchev–Trinajstić information content (AvgIpc) is 3.44. The number of likely N-dealkylation sites (tertiary alicyclic amines) is 1. The Balaban J connectivity index is 1.32. The van der Waals surface area contributed by atoms with Gasteiger partial charge in [0.2, 0.25) is 0 Å². The highest BCUT2D eigenvalue weighted by molar-refractivity contribution is 6.34. The molecular formula is C34H41ClN2O8. The van der Waals surface area contributed by atoms with Gasteiger partial charge in [-0.1, -0.05) is 41.9 Å². The summed E-state index contributed by atoms with van der Waals surface area (Å²) in [7, 11) is 3.06. The number of fused-ring (bicyclic) bond motifs is 1. The normalized spacial score (nSPS) is 17.7. The monoisotopic (exact) mass is 640 g/mol. The van der Waals surface area contributed by atoms with Crippen molar-refractivity contribution in [3.63, 3.8) is 0 Å². The van der Waals surface area contributed by atoms with Gasteiger partial charge < -0.3 is 34.3 Å². The lowest BCUT2D eigenvalue weighted by atomic mass is 9.96. The molecule has 0 spiro atoms. The summed E-state index contributed by atoms with van der Waals surface area (Å²) < 4.78 is 23.8. The first kappa shape index (κ1) is 32.8. The molecule has 1 aliphatic carbocycles. The molecule has 0 saturated carbocycles. The smallest absolute Gasteiger partial charge is 0.326 e. The van der Waals surface area contributed by atoms with Crippen LogP contribution in [0.3, 0.4) is 0 Å². The van der Waals surface area contributed by atoms with Crippen LogP contribution >= 0.6 is 11.6 Å². The van der Waals surface area contributed by atoms with Crippen molar-refractivity contribution in [3.05, 3.63) is 70.2 Å². The van der Waals surface area contributed by atoms with Gasteiger partial charge in [0.05, 0.1) is 44.1 Å². The van der Waals surface area contributed by atoms with E-state index in [1.165, 1.54) is 26.7 Å². The number of carbonyl (C=O) groups is 1. The van der Waals surface area contributed by atoms with Crippen LogP contribution < -0.4 is 24.3 Å². The summed E-state index contributed by atoms with van der Waals surface area (Å²) in [5.41, 5.74) is 3.30. The fourth-order valence-electron chi connectivity index (χ4n) is 5.87. The quantitative estimate of drug-likeness (QED) is 0.177. The second-order valence-corrected chi connectivity index (χ2v) is 12.1. The number of aliphatic hydroxyl groups is 2. The van der Waals surface area contributed by atoms with Crippen LogP contribution in [0.1, 0.15) is 42.6 Å². The van der Waals surface area contributed by atoms with E-state index in [2.05, 4.69) is 22.3 Å². The molecular weight excluding hydrogens is 600 g/mol. The van der Waals surface area contributed by atoms with E-state index in [0.717, 1.165) is 55.6 Å². The average molecular weight is 641 g/mol. The maximum Gasteiger partial charge on any atom is 0.326 e. The lowest BCUT2D eigenvalue weighted by Crippen LogP contribution is -2.52. The summed E-state index contributed by atoms with van der Waals surface area (Å²) in [5, 5.41) is 32.1. The van der Waals surface area contributed by atoms with E-state index in [1.807, 2.05) is 24.3 Å². The summed E-state index contributed by atoms with van der Waals surface area (Å²) in [6.45, 7) is 3.81. The molecule has 3 aromatic rings. The van der Waals surface area contributed by atoms with Gasteiger partial charge in [-0.05, 0) is 48.9 Å². The van der Waals surface area contributed by atoms with Crippen LogP contribution in [0.15, 0.2) is 48.5 Å². The van der Waals surface area contributed by atoms with Crippen molar-refractivity contribution < 1.29 is 39.1 Å². The van der Waals surface area contributed by atoms with Crippen molar-refractivity contribution in [3.8, 4) is 34.1 Å². The molecule has 45 heavy (non-hydrogen) atoms. The van der Waals surface area contributed by atoms with Gasteiger partial charge in [-0.15, -0.1) is 0 Å². The summed E-state index contributed by atoms with van der Waals surface area (Å²) in [6, 6.07) is 15.5. The number of hydrogen-bond donors (Lipinski definition) is 4. The fourth-order valence-corrected chi connectivity index (χ4v) is 6.15. The molecule has 5 rings (SSSR count). The topological polar surface area (TPSA) is 130 Å². The summed E-state index contributed by atoms with van der Waals surface area (Å²) in [4.78, 5) is 13.8. The number of aliphatic carboxylic acids is 1. The zero-order valence-electron chi connectivity index (χ0n) is 25.8. The molecule has 0 radical (unpaired) electrons. The number of hydrogen-bond acceptors (Lipinski definition) is 9. The number of β-amino-alcohol motifs (C(OH)–C–C–N with tert-alkyl or cyclic N) is 1. The van der Waals surface area contributed by atoms with Crippen LogP contribution in [-0.4, -0.2) is 84.9 Å². The third kappa shape index (κ3) is 7.15. The summed E-state index contributed by atoms with van der Waals surface area (Å²) in [5.74, 6) is 0.987. The van der Waals surface area contributed by atoms with Crippen LogP contribution in [-0.2, 0) is 17.8 Å². The third-order valence-electron chi connectivity index (χ3n) is 8.59. The Bertz CT molecular complexity index is 1490. The molecule has 2 aliphatic rings. The third-order valence-corrected chi connectivity index (χ3v) is 8.98. The highest BCUT2D eigenvalue weighted by atomic mass is 35.5. The lowest BCUT2D eigenvalue weighted by molar-refractivity contribution is -0.145. The molecule has 0 aromatic heterocycles. The zero-order valence-corrected chi connectivity index (χ0v) is 26.6. The van der Waals surface area contributed by atoms with Gasteiger partial charge in [0.25, 0.3) is 0 Å². The number of nitrogens with zero attached hydrogens (tertiary/aromatic N) is 1. The van der Waals surface area contributed by atoms with Crippen molar-refractivity contribution in [1.29, 1.82) is 0 Å². The molecule has 11 heteroatoms. The van der Waals surface area contributed by atoms with E-state index in [0.29, 0.717) is 40.2 Å². The minimum Gasteiger partial charge on any atom is -0.496 e. The molecule has 1 heterocycles. The predicted octanol–water partition coefficient (Wildman–Crippen LogP) is 4.46. The zero-order chi connectivity index (χ0) is 32.1. The van der Waals surface area contributed by atoms with Gasteiger partial charge in [0.15, 0.2) is 0 Å². The first-order valence-electron chi connectivity index (χ1n) is 15.1. The second-order valence-electron chi connectivity index (χ2n) is 11.7. The number of carboxylic acids is 1. The van der Waals surface area contributed by atoms with Gasteiger partial charge in [-0.2, -0.15) is 0 Å².